The van der Waals surface area contributed by atoms with Crippen LogP contribution in [0.4, 0.5) is 4.79 Å². The monoisotopic (exact) mass is 308 g/mol. The largest absolute Gasteiger partial charge is 0.443 e. The number of carbonyl (C=O) groups is 1. The maximum absolute atomic E-state index is 12.7. The van der Waals surface area contributed by atoms with Gasteiger partial charge in [0.2, 0.25) is 0 Å². The predicted octanol–water partition coefficient (Wildman–Crippen LogP) is 4.79. The van der Waals surface area contributed by atoms with Crippen molar-refractivity contribution in [3.05, 3.63) is 54.2 Å². The van der Waals surface area contributed by atoms with Crippen LogP contribution in [-0.4, -0.2) is 21.2 Å². The molecule has 2 aromatic heterocycles. The van der Waals surface area contributed by atoms with Crippen LogP contribution in [0.3, 0.4) is 0 Å². The molecule has 0 atom stereocenters. The molecule has 0 radical (unpaired) electrons. The smallest absolute Gasteiger partial charge is 0.420 e. The molecule has 4 nitrogen and oxygen atoms in total. The molecule has 1 aromatic carbocycles. The molecular formula is C19H20N2O2. The Morgan fingerprint density at radius 1 is 1.13 bits per heavy atom. The van der Waals surface area contributed by atoms with Crippen molar-refractivity contribution in [1.82, 2.24) is 9.55 Å². The summed E-state index contributed by atoms with van der Waals surface area (Å²) in [6, 6.07) is 13.8. The Hall–Kier alpha value is -2.62. The molecule has 0 bridgehead atoms. The maximum Gasteiger partial charge on any atom is 0.420 e. The summed E-state index contributed by atoms with van der Waals surface area (Å²) in [4.78, 5) is 17.1. The summed E-state index contributed by atoms with van der Waals surface area (Å²) in [5.74, 6) is 0. The highest BCUT2D eigenvalue weighted by Gasteiger charge is 2.23. The number of ether oxygens (including phenoxy) is 1. The quantitative estimate of drug-likeness (QED) is 0.649. The average molecular weight is 308 g/mol. The van der Waals surface area contributed by atoms with E-state index in [0.29, 0.717) is 5.65 Å². The van der Waals surface area contributed by atoms with Gasteiger partial charge < -0.3 is 4.74 Å². The third-order valence-corrected chi connectivity index (χ3v) is 3.49. The second kappa shape index (κ2) is 5.54. The molecular weight excluding hydrogens is 288 g/mol. The van der Waals surface area contributed by atoms with E-state index in [9.17, 15) is 4.79 Å². The van der Waals surface area contributed by atoms with E-state index < -0.39 is 11.7 Å². The van der Waals surface area contributed by atoms with Crippen molar-refractivity contribution in [2.24, 2.45) is 0 Å². The lowest BCUT2D eigenvalue weighted by molar-refractivity contribution is 0.0546. The first-order valence-corrected chi connectivity index (χ1v) is 7.62. The average Bonchev–Trinajstić information content (AvgIpc) is 2.85. The van der Waals surface area contributed by atoms with Crippen molar-refractivity contribution in [2.45, 2.75) is 33.3 Å². The van der Waals surface area contributed by atoms with Gasteiger partial charge in [0, 0.05) is 11.6 Å². The summed E-state index contributed by atoms with van der Waals surface area (Å²) in [5.41, 5.74) is 2.96. The lowest BCUT2D eigenvalue weighted by Crippen LogP contribution is -2.27. The van der Waals surface area contributed by atoms with E-state index in [4.69, 9.17) is 4.74 Å². The summed E-state index contributed by atoms with van der Waals surface area (Å²) in [7, 11) is 0. The van der Waals surface area contributed by atoms with Gasteiger partial charge in [0.25, 0.3) is 0 Å². The van der Waals surface area contributed by atoms with Crippen LogP contribution in [0.5, 0.6) is 0 Å². The van der Waals surface area contributed by atoms with Gasteiger partial charge in [-0.1, -0.05) is 29.8 Å². The van der Waals surface area contributed by atoms with Crippen molar-refractivity contribution in [3.8, 4) is 11.3 Å². The molecule has 0 saturated carbocycles. The molecule has 0 unspecified atom stereocenters. The Morgan fingerprint density at radius 3 is 2.48 bits per heavy atom. The Balaban J connectivity index is 2.19. The van der Waals surface area contributed by atoms with Gasteiger partial charge in [-0.15, -0.1) is 0 Å². The Labute approximate surface area is 135 Å². The van der Waals surface area contributed by atoms with E-state index in [1.54, 1.807) is 10.8 Å². The molecule has 118 valence electrons. The molecule has 0 aliphatic heterocycles. The Kier molecular flexibility index (Phi) is 3.68. The SMILES string of the molecule is Cc1ccc(-c2cc3cccnc3n2C(=O)OC(C)(C)C)cc1. The molecule has 0 N–H and O–H groups in total. The lowest BCUT2D eigenvalue weighted by atomic mass is 10.1. The number of hydrogen-bond donors (Lipinski definition) is 0. The van der Waals surface area contributed by atoms with Crippen molar-refractivity contribution in [2.75, 3.05) is 0 Å². The zero-order valence-corrected chi connectivity index (χ0v) is 13.8. The summed E-state index contributed by atoms with van der Waals surface area (Å²) < 4.78 is 7.11. The van der Waals surface area contributed by atoms with Gasteiger partial charge in [-0.2, -0.15) is 0 Å². The van der Waals surface area contributed by atoms with Gasteiger partial charge in [0.15, 0.2) is 0 Å². The Morgan fingerprint density at radius 2 is 1.83 bits per heavy atom. The molecule has 0 spiro atoms. The van der Waals surface area contributed by atoms with Crippen LogP contribution < -0.4 is 0 Å². The second-order valence-electron chi connectivity index (χ2n) is 6.63. The summed E-state index contributed by atoms with van der Waals surface area (Å²) >= 11 is 0. The van der Waals surface area contributed by atoms with E-state index >= 15 is 0 Å². The molecule has 2 heterocycles. The maximum atomic E-state index is 12.7. The number of nitrogens with zero attached hydrogens (tertiary/aromatic N) is 2. The zero-order valence-electron chi connectivity index (χ0n) is 13.8. The topological polar surface area (TPSA) is 44.1 Å². The number of benzene rings is 1. The van der Waals surface area contributed by atoms with E-state index in [1.165, 1.54) is 5.56 Å². The number of rotatable bonds is 1. The minimum absolute atomic E-state index is 0.415. The van der Waals surface area contributed by atoms with Crippen molar-refractivity contribution in [1.29, 1.82) is 0 Å². The number of aromatic nitrogens is 2. The molecule has 0 aliphatic rings. The number of fused-ring (bicyclic) bond motifs is 1. The number of carbonyl (C=O) groups excluding carboxylic acids is 1. The van der Waals surface area contributed by atoms with E-state index in [2.05, 4.69) is 4.98 Å². The normalized spacial score (nSPS) is 11.7. The molecule has 0 aliphatic carbocycles. The van der Waals surface area contributed by atoms with E-state index in [-0.39, 0.29) is 0 Å². The summed E-state index contributed by atoms with van der Waals surface area (Å²) in [5, 5.41) is 0.911. The molecule has 0 amide bonds. The predicted molar refractivity (Wildman–Crippen MR) is 91.5 cm³/mol. The van der Waals surface area contributed by atoms with Crippen molar-refractivity contribution in [3.63, 3.8) is 0 Å². The van der Waals surface area contributed by atoms with Crippen LogP contribution >= 0.6 is 0 Å². The highest BCUT2D eigenvalue weighted by molar-refractivity contribution is 5.94. The van der Waals surface area contributed by atoms with Gasteiger partial charge in [0.05, 0.1) is 5.69 Å². The van der Waals surface area contributed by atoms with Crippen LogP contribution in [0.2, 0.25) is 0 Å². The molecule has 4 heteroatoms. The second-order valence-corrected chi connectivity index (χ2v) is 6.63. The Bertz CT molecular complexity index is 855. The van der Waals surface area contributed by atoms with Gasteiger partial charge in [-0.05, 0) is 51.5 Å². The number of aryl methyl sites for hydroxylation is 1. The van der Waals surface area contributed by atoms with Crippen LogP contribution in [-0.2, 0) is 4.74 Å². The zero-order chi connectivity index (χ0) is 16.6. The highest BCUT2D eigenvalue weighted by Crippen LogP contribution is 2.28. The van der Waals surface area contributed by atoms with Gasteiger partial charge in [-0.3, -0.25) is 0 Å². The minimum atomic E-state index is -0.562. The highest BCUT2D eigenvalue weighted by atomic mass is 16.6. The summed E-state index contributed by atoms with van der Waals surface area (Å²) in [6.07, 6.45) is 1.27. The third kappa shape index (κ3) is 3.11. The van der Waals surface area contributed by atoms with Crippen molar-refractivity contribution >= 4 is 17.1 Å². The number of pyridine rings is 1. The van der Waals surface area contributed by atoms with Crippen LogP contribution in [0.15, 0.2) is 48.7 Å². The van der Waals surface area contributed by atoms with Crippen LogP contribution in [0.1, 0.15) is 26.3 Å². The first-order chi connectivity index (χ1) is 10.8. The first-order valence-electron chi connectivity index (χ1n) is 7.62. The van der Waals surface area contributed by atoms with Gasteiger partial charge >= 0.3 is 6.09 Å². The lowest BCUT2D eigenvalue weighted by Gasteiger charge is -2.20. The van der Waals surface area contributed by atoms with Crippen LogP contribution in [0.25, 0.3) is 22.3 Å². The summed E-state index contributed by atoms with van der Waals surface area (Å²) in [6.45, 7) is 7.61. The molecule has 3 aromatic rings. The number of hydrogen-bond acceptors (Lipinski definition) is 3. The molecule has 3 rings (SSSR count). The first kappa shape index (κ1) is 15.3. The third-order valence-electron chi connectivity index (χ3n) is 3.49. The van der Waals surface area contributed by atoms with Gasteiger partial charge in [0.1, 0.15) is 11.2 Å². The molecule has 23 heavy (non-hydrogen) atoms. The van der Waals surface area contributed by atoms with E-state index in [0.717, 1.165) is 16.6 Å². The molecule has 0 saturated heterocycles. The fourth-order valence-corrected chi connectivity index (χ4v) is 2.46. The molecule has 0 fully saturated rings. The van der Waals surface area contributed by atoms with Crippen LogP contribution in [0, 0.1) is 6.92 Å². The van der Waals surface area contributed by atoms with E-state index in [1.807, 2.05) is 70.2 Å². The van der Waals surface area contributed by atoms with Crippen molar-refractivity contribution < 1.29 is 9.53 Å². The minimum Gasteiger partial charge on any atom is -0.443 e. The van der Waals surface area contributed by atoms with Gasteiger partial charge in [-0.25, -0.2) is 14.3 Å². The fourth-order valence-electron chi connectivity index (χ4n) is 2.46. The standard InChI is InChI=1S/C19H20N2O2/c1-13-7-9-14(10-8-13)16-12-15-6-5-11-20-17(15)21(16)18(22)23-19(2,3)4/h5-12H,1-4H3. The fraction of sp³-hybridized carbons (Fsp3) is 0.263.